The van der Waals surface area contributed by atoms with E-state index in [0.29, 0.717) is 16.3 Å². The molecule has 0 saturated carbocycles. The summed E-state index contributed by atoms with van der Waals surface area (Å²) in [5, 5.41) is 11.8. The summed E-state index contributed by atoms with van der Waals surface area (Å²) >= 11 is 8.83. The van der Waals surface area contributed by atoms with Crippen molar-refractivity contribution in [3.8, 4) is 6.07 Å². The molecule has 3 nitrogen and oxygen atoms in total. The molecule has 0 atom stereocenters. The van der Waals surface area contributed by atoms with E-state index in [9.17, 15) is 4.79 Å². The number of amides is 1. The average molecular weight is 274 g/mol. The number of rotatable bonds is 2. The summed E-state index contributed by atoms with van der Waals surface area (Å²) in [4.78, 5) is 11.0. The highest BCUT2D eigenvalue weighted by Crippen LogP contribution is 2.22. The van der Waals surface area contributed by atoms with Gasteiger partial charge >= 0.3 is 0 Å². The maximum atomic E-state index is 11.0. The van der Waals surface area contributed by atoms with E-state index in [2.05, 4.69) is 21.2 Å². The highest BCUT2D eigenvalue weighted by atomic mass is 79.9. The summed E-state index contributed by atoms with van der Waals surface area (Å²) in [7, 11) is 0. The average Bonchev–Trinajstić information content (AvgIpc) is 2.21. The van der Waals surface area contributed by atoms with Crippen molar-refractivity contribution in [2.24, 2.45) is 0 Å². The lowest BCUT2D eigenvalue weighted by molar-refractivity contribution is -0.113. The molecule has 0 heterocycles. The lowest BCUT2D eigenvalue weighted by Gasteiger charge is -2.05. The third kappa shape index (κ3) is 2.72. The molecule has 0 fully saturated rings. The zero-order valence-corrected chi connectivity index (χ0v) is 9.39. The Balaban J connectivity index is 2.96. The van der Waals surface area contributed by atoms with Gasteiger partial charge in [-0.25, -0.2) is 0 Å². The number of nitrogens with one attached hydrogen (secondary N) is 1. The summed E-state index contributed by atoms with van der Waals surface area (Å²) < 4.78 is 0. The molecule has 14 heavy (non-hydrogen) atoms. The van der Waals surface area contributed by atoms with Gasteiger partial charge in [0.1, 0.15) is 0 Å². The number of benzene rings is 1. The molecule has 0 aromatic heterocycles. The van der Waals surface area contributed by atoms with E-state index in [1.165, 1.54) is 6.07 Å². The first kappa shape index (κ1) is 11.0. The Labute approximate surface area is 94.8 Å². The number of anilines is 1. The molecule has 0 aliphatic carbocycles. The largest absolute Gasteiger partial charge is 0.324 e. The first-order chi connectivity index (χ1) is 6.67. The molecule has 0 aliphatic rings. The van der Waals surface area contributed by atoms with Crippen LogP contribution < -0.4 is 5.32 Å². The van der Waals surface area contributed by atoms with Gasteiger partial charge in [0.15, 0.2) is 0 Å². The highest BCUT2D eigenvalue weighted by Gasteiger charge is 2.05. The fourth-order valence-corrected chi connectivity index (χ4v) is 1.18. The molecule has 0 unspecified atom stereocenters. The van der Waals surface area contributed by atoms with Crippen LogP contribution in [0.1, 0.15) is 5.56 Å². The number of carbonyl (C=O) groups is 1. The number of hydrogen-bond donors (Lipinski definition) is 1. The van der Waals surface area contributed by atoms with Crippen molar-refractivity contribution >= 4 is 39.1 Å². The number of alkyl halides is 1. The molecule has 1 aromatic rings. The molecule has 72 valence electrons. The Hall–Kier alpha value is -1.05. The molecule has 0 radical (unpaired) electrons. The van der Waals surface area contributed by atoms with Gasteiger partial charge in [-0.15, -0.1) is 0 Å². The number of halogens is 2. The zero-order chi connectivity index (χ0) is 10.6. The van der Waals surface area contributed by atoms with Crippen LogP contribution in [0.2, 0.25) is 5.02 Å². The Kier molecular flexibility index (Phi) is 3.93. The van der Waals surface area contributed by atoms with Crippen LogP contribution in [0.25, 0.3) is 0 Å². The Morgan fingerprint density at radius 3 is 2.93 bits per heavy atom. The van der Waals surface area contributed by atoms with Gasteiger partial charge in [0.05, 0.1) is 27.7 Å². The summed E-state index contributed by atoms with van der Waals surface area (Å²) in [6.07, 6.45) is 0. The quantitative estimate of drug-likeness (QED) is 0.842. The molecular formula is C9H6BrClN2O. The fraction of sp³-hybridized carbons (Fsp3) is 0.111. The van der Waals surface area contributed by atoms with Crippen molar-refractivity contribution in [2.45, 2.75) is 0 Å². The van der Waals surface area contributed by atoms with E-state index in [4.69, 9.17) is 16.9 Å². The van der Waals surface area contributed by atoms with Crippen molar-refractivity contribution in [3.05, 3.63) is 28.8 Å². The molecule has 0 aliphatic heterocycles. The third-order valence-electron chi connectivity index (χ3n) is 1.49. The van der Waals surface area contributed by atoms with Gasteiger partial charge in [0.25, 0.3) is 0 Å². The minimum Gasteiger partial charge on any atom is -0.324 e. The van der Waals surface area contributed by atoms with Gasteiger partial charge in [-0.1, -0.05) is 27.5 Å². The van der Waals surface area contributed by atoms with Crippen molar-refractivity contribution in [2.75, 3.05) is 10.6 Å². The van der Waals surface area contributed by atoms with Crippen LogP contribution in [0.4, 0.5) is 5.69 Å². The third-order valence-corrected chi connectivity index (χ3v) is 2.33. The van der Waals surface area contributed by atoms with Crippen LogP contribution >= 0.6 is 27.5 Å². The van der Waals surface area contributed by atoms with Crippen molar-refractivity contribution < 1.29 is 4.79 Å². The topological polar surface area (TPSA) is 52.9 Å². The maximum Gasteiger partial charge on any atom is 0.235 e. The Morgan fingerprint density at radius 1 is 1.64 bits per heavy atom. The maximum absolute atomic E-state index is 11.0. The number of hydrogen-bond acceptors (Lipinski definition) is 2. The van der Waals surface area contributed by atoms with Crippen molar-refractivity contribution in [3.63, 3.8) is 0 Å². The van der Waals surface area contributed by atoms with Gasteiger partial charge in [-0.2, -0.15) is 5.26 Å². The first-order valence-corrected chi connectivity index (χ1v) is 5.22. The van der Waals surface area contributed by atoms with Crippen LogP contribution in [0.5, 0.6) is 0 Å². The molecule has 1 aromatic carbocycles. The van der Waals surface area contributed by atoms with Crippen LogP contribution in [0.3, 0.4) is 0 Å². The SMILES string of the molecule is N#Cc1ccc(Cl)c(NC(=O)CBr)c1. The molecule has 5 heteroatoms. The summed E-state index contributed by atoms with van der Waals surface area (Å²) in [5.41, 5.74) is 0.912. The van der Waals surface area contributed by atoms with E-state index in [1.807, 2.05) is 6.07 Å². The predicted molar refractivity (Wildman–Crippen MR) is 58.6 cm³/mol. The summed E-state index contributed by atoms with van der Waals surface area (Å²) in [5.74, 6) is -0.206. The molecule has 1 N–H and O–H groups in total. The van der Waals surface area contributed by atoms with Gasteiger partial charge in [-0.05, 0) is 18.2 Å². The molecule has 1 rings (SSSR count). The lowest BCUT2D eigenvalue weighted by atomic mass is 10.2. The second-order valence-corrected chi connectivity index (χ2v) is 3.46. The smallest absolute Gasteiger partial charge is 0.235 e. The van der Waals surface area contributed by atoms with Gasteiger partial charge in [0, 0.05) is 0 Å². The lowest BCUT2D eigenvalue weighted by Crippen LogP contribution is -2.12. The number of nitrogens with zero attached hydrogens (tertiary/aromatic N) is 1. The summed E-state index contributed by atoms with van der Waals surface area (Å²) in [6.45, 7) is 0. The zero-order valence-electron chi connectivity index (χ0n) is 7.05. The molecule has 0 saturated heterocycles. The first-order valence-electron chi connectivity index (χ1n) is 3.73. The van der Waals surface area contributed by atoms with Crippen molar-refractivity contribution in [1.29, 1.82) is 5.26 Å². The minimum atomic E-state index is -0.206. The molecule has 0 spiro atoms. The van der Waals surface area contributed by atoms with E-state index < -0.39 is 0 Å². The molecular weight excluding hydrogens is 267 g/mol. The van der Waals surface area contributed by atoms with Gasteiger partial charge in [0.2, 0.25) is 5.91 Å². The Morgan fingerprint density at radius 2 is 2.36 bits per heavy atom. The van der Waals surface area contributed by atoms with E-state index >= 15 is 0 Å². The monoisotopic (exact) mass is 272 g/mol. The van der Waals surface area contributed by atoms with Crippen LogP contribution in [0, 0.1) is 11.3 Å². The van der Waals surface area contributed by atoms with Crippen LogP contribution in [0.15, 0.2) is 18.2 Å². The number of nitriles is 1. The minimum absolute atomic E-state index is 0.195. The molecule has 0 bridgehead atoms. The summed E-state index contributed by atoms with van der Waals surface area (Å²) in [6, 6.07) is 6.66. The second kappa shape index (κ2) is 4.99. The van der Waals surface area contributed by atoms with E-state index in [-0.39, 0.29) is 11.2 Å². The normalized spacial score (nSPS) is 9.21. The van der Waals surface area contributed by atoms with Gasteiger partial charge < -0.3 is 5.32 Å². The standard InChI is InChI=1S/C9H6BrClN2O/c10-4-9(14)13-8-3-6(5-12)1-2-7(8)11/h1-3H,4H2,(H,13,14). The fourth-order valence-electron chi connectivity index (χ4n) is 0.874. The highest BCUT2D eigenvalue weighted by molar-refractivity contribution is 9.09. The van der Waals surface area contributed by atoms with Crippen molar-refractivity contribution in [1.82, 2.24) is 0 Å². The van der Waals surface area contributed by atoms with Crippen LogP contribution in [-0.2, 0) is 4.79 Å². The van der Waals surface area contributed by atoms with Gasteiger partial charge in [-0.3, -0.25) is 4.79 Å². The molecule has 1 amide bonds. The Bertz CT molecular complexity index is 400. The van der Waals surface area contributed by atoms with E-state index in [1.54, 1.807) is 12.1 Å². The number of carbonyl (C=O) groups excluding carboxylic acids is 1. The second-order valence-electron chi connectivity index (χ2n) is 2.49. The van der Waals surface area contributed by atoms with E-state index in [0.717, 1.165) is 0 Å². The van der Waals surface area contributed by atoms with Crippen LogP contribution in [-0.4, -0.2) is 11.2 Å². The predicted octanol–water partition coefficient (Wildman–Crippen LogP) is 2.55.